The van der Waals surface area contributed by atoms with Crippen molar-refractivity contribution in [2.24, 2.45) is 11.8 Å². The predicted molar refractivity (Wildman–Crippen MR) is 130 cm³/mol. The first-order chi connectivity index (χ1) is 16.3. The van der Waals surface area contributed by atoms with Gasteiger partial charge in [0, 0.05) is 18.1 Å². The fourth-order valence-electron chi connectivity index (χ4n) is 5.09. The van der Waals surface area contributed by atoms with E-state index in [4.69, 9.17) is 18.9 Å². The molecule has 0 spiro atoms. The third-order valence-corrected chi connectivity index (χ3v) is 7.07. The number of esters is 1. The van der Waals surface area contributed by atoms with E-state index in [2.05, 4.69) is 25.2 Å². The van der Waals surface area contributed by atoms with Gasteiger partial charge in [-0.25, -0.2) is 4.79 Å². The van der Waals surface area contributed by atoms with Gasteiger partial charge >= 0.3 is 5.97 Å². The SMILES string of the molecule is CCOC(=O)C1=C/C(=C\CC(C)C)c2c(cc3c(c2OC)C[C@@H]([C@](C)(O)C2CCNCC2)O3)O1. The van der Waals surface area contributed by atoms with Crippen LogP contribution in [-0.4, -0.2) is 49.6 Å². The van der Waals surface area contributed by atoms with Crippen LogP contribution in [0.15, 0.2) is 24.0 Å². The van der Waals surface area contributed by atoms with E-state index in [0.29, 0.717) is 29.6 Å². The summed E-state index contributed by atoms with van der Waals surface area (Å²) < 4.78 is 23.4. The molecule has 1 aromatic carbocycles. The molecule has 1 fully saturated rings. The molecule has 1 saturated heterocycles. The van der Waals surface area contributed by atoms with Gasteiger partial charge in [0.25, 0.3) is 0 Å². The molecule has 3 aliphatic heterocycles. The van der Waals surface area contributed by atoms with Crippen molar-refractivity contribution in [3.63, 3.8) is 0 Å². The first kappa shape index (κ1) is 24.6. The molecule has 3 heterocycles. The standard InChI is InChI=1S/C27H37NO6/c1-6-32-26(29)22-13-17(8-7-16(2)3)24-21(33-22)15-20-19(25(24)31-5)14-23(34-20)27(4,30)18-9-11-28-12-10-18/h8,13,15-16,18,23,28,30H,6-7,9-12,14H2,1-5H3/b17-8+/t23-,27+/m0/s1. The highest BCUT2D eigenvalue weighted by atomic mass is 16.6. The van der Waals surface area contributed by atoms with Crippen LogP contribution in [-0.2, 0) is 16.0 Å². The minimum absolute atomic E-state index is 0.141. The van der Waals surface area contributed by atoms with Crippen LogP contribution in [0.5, 0.6) is 17.2 Å². The number of piperidine rings is 1. The van der Waals surface area contributed by atoms with Crippen molar-refractivity contribution in [2.75, 3.05) is 26.8 Å². The first-order valence-electron chi connectivity index (χ1n) is 12.4. The van der Waals surface area contributed by atoms with Crippen molar-refractivity contribution in [3.05, 3.63) is 35.1 Å². The van der Waals surface area contributed by atoms with Crippen molar-refractivity contribution in [2.45, 2.75) is 65.1 Å². The normalized spacial score (nSPS) is 22.9. The molecule has 0 bridgehead atoms. The maximum Gasteiger partial charge on any atom is 0.374 e. The van der Waals surface area contributed by atoms with Crippen LogP contribution in [0, 0.1) is 11.8 Å². The molecule has 0 amide bonds. The summed E-state index contributed by atoms with van der Waals surface area (Å²) in [6.45, 7) is 10.0. The Labute approximate surface area is 202 Å². The number of fused-ring (bicyclic) bond motifs is 2. The van der Waals surface area contributed by atoms with Crippen molar-refractivity contribution >= 4 is 11.5 Å². The molecule has 2 N–H and O–H groups in total. The Morgan fingerprint density at radius 2 is 2.06 bits per heavy atom. The summed E-state index contributed by atoms with van der Waals surface area (Å²) in [7, 11) is 1.64. The number of carbonyl (C=O) groups excluding carboxylic acids is 1. The maximum absolute atomic E-state index is 12.5. The first-order valence-corrected chi connectivity index (χ1v) is 12.4. The molecule has 7 heteroatoms. The quantitative estimate of drug-likeness (QED) is 0.581. The summed E-state index contributed by atoms with van der Waals surface area (Å²) in [5, 5.41) is 14.9. The zero-order valence-corrected chi connectivity index (χ0v) is 20.9. The number of carbonyl (C=O) groups is 1. The lowest BCUT2D eigenvalue weighted by atomic mass is 9.77. The third kappa shape index (κ3) is 4.68. The number of aliphatic hydroxyl groups is 1. The second-order valence-corrected chi connectivity index (χ2v) is 9.94. The summed E-state index contributed by atoms with van der Waals surface area (Å²) in [5.41, 5.74) is 1.62. The number of methoxy groups -OCH3 is 1. The van der Waals surface area contributed by atoms with E-state index in [1.54, 1.807) is 20.1 Å². The van der Waals surface area contributed by atoms with Crippen LogP contribution >= 0.6 is 0 Å². The molecule has 0 aromatic heterocycles. The number of hydrogen-bond acceptors (Lipinski definition) is 7. The largest absolute Gasteiger partial charge is 0.496 e. The zero-order valence-electron chi connectivity index (χ0n) is 20.9. The number of rotatable bonds is 7. The van der Waals surface area contributed by atoms with E-state index >= 15 is 0 Å². The number of benzene rings is 1. The summed E-state index contributed by atoms with van der Waals surface area (Å²) >= 11 is 0. The molecule has 34 heavy (non-hydrogen) atoms. The average Bonchev–Trinajstić information content (AvgIpc) is 3.26. The Hall–Kier alpha value is -2.51. The summed E-state index contributed by atoms with van der Waals surface area (Å²) in [6, 6.07) is 1.82. The zero-order chi connectivity index (χ0) is 24.5. The lowest BCUT2D eigenvalue weighted by molar-refractivity contribution is -0.141. The second-order valence-electron chi connectivity index (χ2n) is 9.94. The molecule has 0 saturated carbocycles. The van der Waals surface area contributed by atoms with Crippen LogP contribution in [0.3, 0.4) is 0 Å². The Kier molecular flexibility index (Phi) is 7.24. The van der Waals surface area contributed by atoms with Crippen molar-refractivity contribution in [1.29, 1.82) is 0 Å². The van der Waals surface area contributed by atoms with Gasteiger partial charge in [0.1, 0.15) is 29.0 Å². The van der Waals surface area contributed by atoms with Gasteiger partial charge in [-0.15, -0.1) is 0 Å². The number of ether oxygens (including phenoxy) is 4. The molecule has 0 unspecified atom stereocenters. The van der Waals surface area contributed by atoms with Crippen LogP contribution in [0.1, 0.15) is 58.1 Å². The van der Waals surface area contributed by atoms with Gasteiger partial charge in [-0.05, 0) is 69.7 Å². The highest BCUT2D eigenvalue weighted by molar-refractivity contribution is 5.95. The lowest BCUT2D eigenvalue weighted by Gasteiger charge is -2.39. The third-order valence-electron chi connectivity index (χ3n) is 7.07. The molecule has 2 atom stereocenters. The number of allylic oxidation sites excluding steroid dienone is 3. The topological polar surface area (TPSA) is 86.3 Å². The Bertz CT molecular complexity index is 987. The van der Waals surface area contributed by atoms with Crippen molar-refractivity contribution in [1.82, 2.24) is 5.32 Å². The van der Waals surface area contributed by atoms with Gasteiger partial charge in [0.2, 0.25) is 5.76 Å². The van der Waals surface area contributed by atoms with Gasteiger partial charge < -0.3 is 29.4 Å². The molecule has 4 rings (SSSR count). The van der Waals surface area contributed by atoms with Gasteiger partial charge in [-0.1, -0.05) is 19.9 Å². The van der Waals surface area contributed by atoms with E-state index in [9.17, 15) is 9.90 Å². The number of nitrogens with one attached hydrogen (secondary N) is 1. The Morgan fingerprint density at radius 3 is 2.71 bits per heavy atom. The molecular weight excluding hydrogens is 434 g/mol. The minimum atomic E-state index is -0.974. The van der Waals surface area contributed by atoms with Crippen molar-refractivity contribution < 1.29 is 28.8 Å². The van der Waals surface area contributed by atoms with Gasteiger partial charge in [-0.3, -0.25) is 0 Å². The number of hydrogen-bond donors (Lipinski definition) is 2. The summed E-state index contributed by atoms with van der Waals surface area (Å²) in [4.78, 5) is 12.5. The highest BCUT2D eigenvalue weighted by Crippen LogP contribution is 2.51. The fraction of sp³-hybridized carbons (Fsp3) is 0.593. The molecule has 1 aromatic rings. The maximum atomic E-state index is 12.5. The van der Waals surface area contributed by atoms with Crippen LogP contribution in [0.25, 0.3) is 5.57 Å². The van der Waals surface area contributed by atoms with Gasteiger partial charge in [0.05, 0.1) is 19.3 Å². The summed E-state index contributed by atoms with van der Waals surface area (Å²) in [5.74, 6) is 2.04. The average molecular weight is 472 g/mol. The lowest BCUT2D eigenvalue weighted by Crippen LogP contribution is -2.51. The fourth-order valence-corrected chi connectivity index (χ4v) is 5.09. The van der Waals surface area contributed by atoms with Gasteiger partial charge in [0.15, 0.2) is 0 Å². The van der Waals surface area contributed by atoms with E-state index in [-0.39, 0.29) is 24.4 Å². The molecule has 186 valence electrons. The molecular formula is C27H37NO6. The predicted octanol–water partition coefficient (Wildman–Crippen LogP) is 4.02. The molecule has 7 nitrogen and oxygen atoms in total. The Balaban J connectivity index is 1.72. The summed E-state index contributed by atoms with van der Waals surface area (Å²) in [6.07, 6.45) is 6.67. The Morgan fingerprint density at radius 1 is 1.32 bits per heavy atom. The van der Waals surface area contributed by atoms with Crippen molar-refractivity contribution in [3.8, 4) is 17.2 Å². The monoisotopic (exact) mass is 471 g/mol. The van der Waals surface area contributed by atoms with E-state index in [1.165, 1.54) is 0 Å². The van der Waals surface area contributed by atoms with E-state index in [0.717, 1.165) is 49.1 Å². The highest BCUT2D eigenvalue weighted by Gasteiger charge is 2.46. The van der Waals surface area contributed by atoms with Crippen LogP contribution in [0.2, 0.25) is 0 Å². The molecule has 0 aliphatic carbocycles. The molecule has 0 radical (unpaired) electrons. The minimum Gasteiger partial charge on any atom is -0.496 e. The van der Waals surface area contributed by atoms with E-state index < -0.39 is 11.6 Å². The van der Waals surface area contributed by atoms with Gasteiger partial charge in [-0.2, -0.15) is 0 Å². The second kappa shape index (κ2) is 10.0. The van der Waals surface area contributed by atoms with Crippen LogP contribution in [0.4, 0.5) is 0 Å². The van der Waals surface area contributed by atoms with E-state index in [1.807, 2.05) is 13.0 Å². The van der Waals surface area contributed by atoms with Crippen LogP contribution < -0.4 is 19.5 Å². The smallest absolute Gasteiger partial charge is 0.374 e. The molecule has 3 aliphatic rings.